The van der Waals surface area contributed by atoms with Crippen molar-refractivity contribution in [3.05, 3.63) is 64.9 Å². The smallest absolute Gasteiger partial charge is 0.240 e. The number of hydrogen-bond acceptors (Lipinski definition) is 5. The molecule has 2 aromatic carbocycles. The Morgan fingerprint density at radius 1 is 1.09 bits per heavy atom. The Bertz CT molecular complexity index is 1170. The molecular weight excluding hydrogens is 454 g/mol. The van der Waals surface area contributed by atoms with Crippen LogP contribution in [0, 0.1) is 5.92 Å². The molecule has 1 aliphatic heterocycles. The molecule has 4 rings (SSSR count). The Hall–Kier alpha value is -2.26. The number of fused-ring (bicyclic) bond motifs is 1. The van der Waals surface area contributed by atoms with Gasteiger partial charge in [-0.2, -0.15) is 0 Å². The second kappa shape index (κ2) is 10.8. The normalized spacial score (nSPS) is 16.6. The van der Waals surface area contributed by atoms with Crippen molar-refractivity contribution in [3.8, 4) is 0 Å². The standard InChI is InChI=1S/C25H31N3O3S2/c1-19-11-14-28(15-12-19)23(24-7-4-16-32-24)18-26-25(29)10-13-27-33(30,31)22-9-8-20-5-2-3-6-21(20)17-22/h2-9,16-17,19,23,27H,10-15,18H2,1H3,(H,26,29). The molecule has 1 saturated heterocycles. The third kappa shape index (κ3) is 6.20. The van der Waals surface area contributed by atoms with E-state index >= 15 is 0 Å². The Morgan fingerprint density at radius 3 is 2.58 bits per heavy atom. The SMILES string of the molecule is CC1CCN(C(CNC(=O)CCNS(=O)(=O)c2ccc3ccccc3c2)c2cccs2)CC1. The Morgan fingerprint density at radius 2 is 1.85 bits per heavy atom. The maximum Gasteiger partial charge on any atom is 0.240 e. The first-order chi connectivity index (χ1) is 15.9. The summed E-state index contributed by atoms with van der Waals surface area (Å²) in [5.41, 5.74) is 0. The minimum Gasteiger partial charge on any atom is -0.354 e. The number of benzene rings is 2. The lowest BCUT2D eigenvalue weighted by molar-refractivity contribution is -0.121. The van der Waals surface area contributed by atoms with E-state index in [1.54, 1.807) is 29.5 Å². The number of nitrogens with zero attached hydrogens (tertiary/aromatic N) is 1. The van der Waals surface area contributed by atoms with Crippen LogP contribution in [0.15, 0.2) is 64.9 Å². The lowest BCUT2D eigenvalue weighted by Gasteiger charge is -2.36. The summed E-state index contributed by atoms with van der Waals surface area (Å²) in [5.74, 6) is 0.596. The molecule has 176 valence electrons. The van der Waals surface area contributed by atoms with Crippen molar-refractivity contribution in [3.63, 3.8) is 0 Å². The Labute approximate surface area is 200 Å². The molecule has 1 unspecified atom stereocenters. The van der Waals surface area contributed by atoms with Crippen LogP contribution in [0.3, 0.4) is 0 Å². The fraction of sp³-hybridized carbons (Fsp3) is 0.400. The number of sulfonamides is 1. The van der Waals surface area contributed by atoms with E-state index in [4.69, 9.17) is 0 Å². The fourth-order valence-corrected chi connectivity index (χ4v) is 6.17. The summed E-state index contributed by atoms with van der Waals surface area (Å²) in [6.45, 7) is 4.95. The number of hydrogen-bond donors (Lipinski definition) is 2. The van der Waals surface area contributed by atoms with Gasteiger partial charge in [0.05, 0.1) is 10.9 Å². The Balaban J connectivity index is 1.29. The molecule has 0 saturated carbocycles. The van der Waals surface area contributed by atoms with Gasteiger partial charge in [0.25, 0.3) is 0 Å². The van der Waals surface area contributed by atoms with E-state index in [2.05, 4.69) is 33.3 Å². The number of rotatable bonds is 9. The third-order valence-electron chi connectivity index (χ3n) is 6.30. The summed E-state index contributed by atoms with van der Waals surface area (Å²) < 4.78 is 27.9. The van der Waals surface area contributed by atoms with Gasteiger partial charge in [-0.1, -0.05) is 43.3 Å². The molecule has 0 bridgehead atoms. The molecule has 0 radical (unpaired) electrons. The number of thiophene rings is 1. The maximum absolute atomic E-state index is 12.7. The molecule has 6 nitrogen and oxygen atoms in total. The van der Waals surface area contributed by atoms with E-state index in [0.717, 1.165) is 29.8 Å². The van der Waals surface area contributed by atoms with Crippen molar-refractivity contribution in [2.24, 2.45) is 5.92 Å². The van der Waals surface area contributed by atoms with Crippen molar-refractivity contribution in [2.45, 2.75) is 37.1 Å². The largest absolute Gasteiger partial charge is 0.354 e. The molecule has 0 spiro atoms. The molecule has 8 heteroatoms. The van der Waals surface area contributed by atoms with E-state index in [-0.39, 0.29) is 29.8 Å². The highest BCUT2D eigenvalue weighted by Gasteiger charge is 2.25. The van der Waals surface area contributed by atoms with Crippen LogP contribution >= 0.6 is 11.3 Å². The molecule has 33 heavy (non-hydrogen) atoms. The molecule has 2 N–H and O–H groups in total. The van der Waals surface area contributed by atoms with Gasteiger partial charge < -0.3 is 5.32 Å². The van der Waals surface area contributed by atoms with Gasteiger partial charge in [-0.3, -0.25) is 9.69 Å². The van der Waals surface area contributed by atoms with Crippen LogP contribution in [-0.4, -0.2) is 45.4 Å². The highest BCUT2D eigenvalue weighted by Crippen LogP contribution is 2.29. The highest BCUT2D eigenvalue weighted by atomic mass is 32.2. The van der Waals surface area contributed by atoms with Crippen LogP contribution in [0.2, 0.25) is 0 Å². The highest BCUT2D eigenvalue weighted by molar-refractivity contribution is 7.89. The fourth-order valence-electron chi connectivity index (χ4n) is 4.25. The zero-order chi connectivity index (χ0) is 23.3. The quantitative estimate of drug-likeness (QED) is 0.477. The van der Waals surface area contributed by atoms with Crippen molar-refractivity contribution >= 4 is 38.0 Å². The van der Waals surface area contributed by atoms with Gasteiger partial charge in [-0.05, 0) is 66.2 Å². The van der Waals surface area contributed by atoms with E-state index < -0.39 is 10.0 Å². The summed E-state index contributed by atoms with van der Waals surface area (Å²) in [4.78, 5) is 16.4. The molecule has 1 aromatic heterocycles. The van der Waals surface area contributed by atoms with Crippen molar-refractivity contribution in [2.75, 3.05) is 26.2 Å². The maximum atomic E-state index is 12.7. The molecule has 1 amide bonds. The lowest BCUT2D eigenvalue weighted by Crippen LogP contribution is -2.42. The van der Waals surface area contributed by atoms with E-state index in [0.29, 0.717) is 6.54 Å². The number of likely N-dealkylation sites (tertiary alicyclic amines) is 1. The molecular formula is C25H31N3O3S2. The van der Waals surface area contributed by atoms with Crippen molar-refractivity contribution in [1.29, 1.82) is 0 Å². The molecule has 2 heterocycles. The second-order valence-electron chi connectivity index (χ2n) is 8.71. The van der Waals surface area contributed by atoms with Crippen molar-refractivity contribution < 1.29 is 13.2 Å². The summed E-state index contributed by atoms with van der Waals surface area (Å²) in [7, 11) is -3.67. The van der Waals surface area contributed by atoms with Gasteiger partial charge in [0.1, 0.15) is 0 Å². The topological polar surface area (TPSA) is 78.5 Å². The number of carbonyl (C=O) groups is 1. The first-order valence-corrected chi connectivity index (χ1v) is 13.8. The molecule has 1 fully saturated rings. The van der Waals surface area contributed by atoms with Crippen LogP contribution < -0.4 is 10.0 Å². The van der Waals surface area contributed by atoms with E-state index in [9.17, 15) is 13.2 Å². The lowest BCUT2D eigenvalue weighted by atomic mass is 9.97. The average molecular weight is 486 g/mol. The minimum absolute atomic E-state index is 0.0614. The van der Waals surface area contributed by atoms with Crippen LogP contribution in [0.5, 0.6) is 0 Å². The number of piperidine rings is 1. The van der Waals surface area contributed by atoms with Crippen LogP contribution in [-0.2, 0) is 14.8 Å². The van der Waals surface area contributed by atoms with Gasteiger partial charge >= 0.3 is 0 Å². The van der Waals surface area contributed by atoms with Crippen LogP contribution in [0.25, 0.3) is 10.8 Å². The molecule has 3 aromatic rings. The van der Waals surface area contributed by atoms with Gasteiger partial charge in [0.15, 0.2) is 0 Å². The zero-order valence-electron chi connectivity index (χ0n) is 18.9. The summed E-state index contributed by atoms with van der Waals surface area (Å²) >= 11 is 1.71. The molecule has 1 aliphatic rings. The van der Waals surface area contributed by atoms with Gasteiger partial charge in [0.2, 0.25) is 15.9 Å². The summed E-state index contributed by atoms with van der Waals surface area (Å²) in [5, 5.41) is 6.94. The van der Waals surface area contributed by atoms with Crippen molar-refractivity contribution in [1.82, 2.24) is 14.9 Å². The number of nitrogens with one attached hydrogen (secondary N) is 2. The molecule has 0 aliphatic carbocycles. The average Bonchev–Trinajstić information content (AvgIpc) is 3.34. The first kappa shape index (κ1) is 23.9. The first-order valence-electron chi connectivity index (χ1n) is 11.4. The van der Waals surface area contributed by atoms with Gasteiger partial charge in [0, 0.05) is 24.4 Å². The van der Waals surface area contributed by atoms with Crippen LogP contribution in [0.1, 0.15) is 37.1 Å². The number of carbonyl (C=O) groups excluding carboxylic acids is 1. The number of amides is 1. The monoisotopic (exact) mass is 485 g/mol. The predicted octanol–water partition coefficient (Wildman–Crippen LogP) is 4.16. The zero-order valence-corrected chi connectivity index (χ0v) is 20.5. The molecule has 1 atom stereocenters. The minimum atomic E-state index is -3.67. The summed E-state index contributed by atoms with van der Waals surface area (Å²) in [6.07, 6.45) is 2.44. The van der Waals surface area contributed by atoms with Gasteiger partial charge in [-0.15, -0.1) is 11.3 Å². The summed E-state index contributed by atoms with van der Waals surface area (Å²) in [6, 6.07) is 17.0. The van der Waals surface area contributed by atoms with E-state index in [1.807, 2.05) is 30.3 Å². The Kier molecular flexibility index (Phi) is 7.80. The van der Waals surface area contributed by atoms with E-state index in [1.165, 1.54) is 17.7 Å². The predicted molar refractivity (Wildman–Crippen MR) is 134 cm³/mol. The van der Waals surface area contributed by atoms with Gasteiger partial charge in [-0.25, -0.2) is 13.1 Å². The second-order valence-corrected chi connectivity index (χ2v) is 11.5. The van der Waals surface area contributed by atoms with Crippen LogP contribution in [0.4, 0.5) is 0 Å². The third-order valence-corrected chi connectivity index (χ3v) is 8.73.